The summed E-state index contributed by atoms with van der Waals surface area (Å²) in [6.45, 7) is 6.69. The summed E-state index contributed by atoms with van der Waals surface area (Å²) in [7, 11) is 0. The number of halogens is 1. The van der Waals surface area contributed by atoms with Crippen molar-refractivity contribution in [3.8, 4) is 5.75 Å². The number of rotatable bonds is 4. The molecule has 1 aliphatic carbocycles. The molecule has 3 aliphatic rings. The summed E-state index contributed by atoms with van der Waals surface area (Å²) in [6, 6.07) is 6.03. The molecule has 0 aromatic heterocycles. The van der Waals surface area contributed by atoms with Crippen LogP contribution in [0, 0.1) is 22.6 Å². The van der Waals surface area contributed by atoms with E-state index in [0.717, 1.165) is 0 Å². The highest BCUT2D eigenvalue weighted by Gasteiger charge is 2.64. The highest BCUT2D eigenvalue weighted by atomic mass is 19.1. The van der Waals surface area contributed by atoms with Crippen LogP contribution in [0.4, 0.5) is 4.39 Å². The van der Waals surface area contributed by atoms with Crippen molar-refractivity contribution in [1.82, 2.24) is 9.80 Å². The summed E-state index contributed by atoms with van der Waals surface area (Å²) in [4.78, 5) is 41.8. The maximum absolute atomic E-state index is 13.3. The van der Waals surface area contributed by atoms with E-state index >= 15 is 0 Å². The smallest absolute Gasteiger partial charge is 0.242 e. The van der Waals surface area contributed by atoms with Crippen LogP contribution in [-0.2, 0) is 14.4 Å². The number of nitrogens with zero attached hydrogens (tertiary/aromatic N) is 2. The number of hydrogen-bond donors (Lipinski definition) is 0. The summed E-state index contributed by atoms with van der Waals surface area (Å²) in [5, 5.41) is 0. The molecule has 0 spiro atoms. The van der Waals surface area contributed by atoms with Crippen molar-refractivity contribution in [3.05, 3.63) is 30.1 Å². The van der Waals surface area contributed by atoms with Crippen LogP contribution in [0.15, 0.2) is 24.3 Å². The van der Waals surface area contributed by atoms with Gasteiger partial charge in [0, 0.05) is 37.9 Å². The minimum Gasteiger partial charge on any atom is -0.490 e. The zero-order chi connectivity index (χ0) is 21.7. The number of likely N-dealkylation sites (tertiary alicyclic amines) is 2. The number of carbonyl (C=O) groups excluding carboxylic acids is 3. The molecule has 2 unspecified atom stereocenters. The molecule has 4 rings (SSSR count). The predicted octanol–water partition coefficient (Wildman–Crippen LogP) is 3.01. The van der Waals surface area contributed by atoms with Crippen molar-refractivity contribution in [2.24, 2.45) is 16.7 Å². The van der Waals surface area contributed by atoms with Gasteiger partial charge in [0.25, 0.3) is 0 Å². The molecular formula is C23H29FN2O4. The molecule has 0 radical (unpaired) electrons. The zero-order valence-electron chi connectivity index (χ0n) is 17.8. The van der Waals surface area contributed by atoms with E-state index in [1.807, 2.05) is 20.8 Å². The Morgan fingerprint density at radius 2 is 1.87 bits per heavy atom. The summed E-state index contributed by atoms with van der Waals surface area (Å²) in [5.74, 6) is -0.707. The van der Waals surface area contributed by atoms with Gasteiger partial charge in [-0.15, -0.1) is 0 Å². The molecule has 3 fully saturated rings. The van der Waals surface area contributed by atoms with Gasteiger partial charge in [-0.2, -0.15) is 0 Å². The van der Waals surface area contributed by atoms with E-state index in [-0.39, 0.29) is 47.5 Å². The van der Waals surface area contributed by atoms with Crippen LogP contribution in [0.5, 0.6) is 5.75 Å². The summed E-state index contributed by atoms with van der Waals surface area (Å²) in [6.07, 6.45) is 2.53. The number of piperidine rings is 2. The molecule has 1 aromatic carbocycles. The van der Waals surface area contributed by atoms with Crippen molar-refractivity contribution in [1.29, 1.82) is 0 Å². The molecule has 3 amide bonds. The van der Waals surface area contributed by atoms with Gasteiger partial charge in [-0.3, -0.25) is 19.3 Å². The first-order chi connectivity index (χ1) is 14.1. The van der Waals surface area contributed by atoms with E-state index in [1.165, 1.54) is 17.0 Å². The van der Waals surface area contributed by atoms with E-state index in [4.69, 9.17) is 4.74 Å². The minimum atomic E-state index is -0.600. The van der Waals surface area contributed by atoms with Crippen LogP contribution in [0.25, 0.3) is 0 Å². The summed E-state index contributed by atoms with van der Waals surface area (Å²) >= 11 is 0. The topological polar surface area (TPSA) is 66.9 Å². The number of benzene rings is 1. The molecule has 2 aliphatic heterocycles. The zero-order valence-corrected chi connectivity index (χ0v) is 17.8. The number of amides is 3. The molecule has 162 valence electrons. The fourth-order valence-electron chi connectivity index (χ4n) is 5.24. The molecule has 2 bridgehead atoms. The maximum atomic E-state index is 13.3. The van der Waals surface area contributed by atoms with Crippen molar-refractivity contribution in [2.75, 3.05) is 19.6 Å². The fraction of sp³-hybridized carbons (Fsp3) is 0.609. The van der Waals surface area contributed by atoms with Crippen molar-refractivity contribution in [2.45, 2.75) is 52.6 Å². The van der Waals surface area contributed by atoms with Gasteiger partial charge in [0.1, 0.15) is 24.2 Å². The molecule has 2 heterocycles. The Morgan fingerprint density at radius 1 is 1.17 bits per heavy atom. The Kier molecular flexibility index (Phi) is 5.11. The lowest BCUT2D eigenvalue weighted by molar-refractivity contribution is -0.170. The standard InChI is InChI=1S/C23H29FN2O4/c1-22(2)18-7-10-23(22,3)21(29)26(20(18)28)14-19(27)25-11-8-16(9-12-25)30-17-6-4-5-15(24)13-17/h4-6,13,16,18H,7-12,14H2,1-3H3. The first-order valence-electron chi connectivity index (χ1n) is 10.7. The Labute approximate surface area is 176 Å². The second kappa shape index (κ2) is 7.36. The first kappa shape index (κ1) is 20.8. The van der Waals surface area contributed by atoms with Gasteiger partial charge < -0.3 is 9.64 Å². The molecule has 1 aromatic rings. The third kappa shape index (κ3) is 3.28. The van der Waals surface area contributed by atoms with Crippen LogP contribution >= 0.6 is 0 Å². The van der Waals surface area contributed by atoms with Crippen molar-refractivity contribution < 1.29 is 23.5 Å². The molecule has 2 saturated heterocycles. The van der Waals surface area contributed by atoms with Crippen LogP contribution in [0.3, 0.4) is 0 Å². The summed E-state index contributed by atoms with van der Waals surface area (Å²) < 4.78 is 19.1. The van der Waals surface area contributed by atoms with Crippen LogP contribution in [0.1, 0.15) is 46.5 Å². The lowest BCUT2D eigenvalue weighted by Crippen LogP contribution is -2.61. The Hall–Kier alpha value is -2.44. The van der Waals surface area contributed by atoms with Gasteiger partial charge in [-0.05, 0) is 30.4 Å². The van der Waals surface area contributed by atoms with Gasteiger partial charge in [0.15, 0.2) is 0 Å². The van der Waals surface area contributed by atoms with Crippen LogP contribution in [0.2, 0.25) is 0 Å². The number of ether oxygens (including phenoxy) is 1. The van der Waals surface area contributed by atoms with E-state index in [2.05, 4.69) is 0 Å². The van der Waals surface area contributed by atoms with E-state index in [1.54, 1.807) is 17.0 Å². The van der Waals surface area contributed by atoms with Gasteiger partial charge in [0.2, 0.25) is 17.7 Å². The normalized spacial score (nSPS) is 28.7. The maximum Gasteiger partial charge on any atom is 0.242 e. The molecule has 30 heavy (non-hydrogen) atoms. The fourth-order valence-corrected chi connectivity index (χ4v) is 5.24. The number of carbonyl (C=O) groups is 3. The molecular weight excluding hydrogens is 387 g/mol. The second-order valence-corrected chi connectivity index (χ2v) is 9.53. The van der Waals surface area contributed by atoms with Gasteiger partial charge >= 0.3 is 0 Å². The highest BCUT2D eigenvalue weighted by Crippen LogP contribution is 2.60. The average molecular weight is 416 g/mol. The van der Waals surface area contributed by atoms with Gasteiger partial charge in [-0.25, -0.2) is 4.39 Å². The van der Waals surface area contributed by atoms with Gasteiger partial charge in [0.05, 0.1) is 5.41 Å². The molecule has 6 nitrogen and oxygen atoms in total. The van der Waals surface area contributed by atoms with Crippen LogP contribution in [-0.4, -0.2) is 53.3 Å². The Bertz CT molecular complexity index is 878. The first-order valence-corrected chi connectivity index (χ1v) is 10.7. The number of fused-ring (bicyclic) bond motifs is 2. The van der Waals surface area contributed by atoms with E-state index < -0.39 is 5.41 Å². The minimum absolute atomic E-state index is 0.0929. The monoisotopic (exact) mass is 416 g/mol. The second-order valence-electron chi connectivity index (χ2n) is 9.53. The quantitative estimate of drug-likeness (QED) is 0.708. The molecule has 1 saturated carbocycles. The van der Waals surface area contributed by atoms with Gasteiger partial charge in [-0.1, -0.05) is 26.8 Å². The largest absolute Gasteiger partial charge is 0.490 e. The molecule has 7 heteroatoms. The van der Waals surface area contributed by atoms with Crippen LogP contribution < -0.4 is 4.74 Å². The lowest BCUT2D eigenvalue weighted by Gasteiger charge is -2.47. The Morgan fingerprint density at radius 3 is 2.53 bits per heavy atom. The lowest BCUT2D eigenvalue weighted by atomic mass is 9.62. The third-order valence-electron chi connectivity index (χ3n) is 7.69. The van der Waals surface area contributed by atoms with Crippen molar-refractivity contribution >= 4 is 17.7 Å². The number of hydrogen-bond acceptors (Lipinski definition) is 4. The number of imide groups is 1. The Balaban J connectivity index is 1.35. The average Bonchev–Trinajstić information content (AvgIpc) is 2.89. The molecule has 0 N–H and O–H groups in total. The van der Waals surface area contributed by atoms with E-state index in [0.29, 0.717) is 44.5 Å². The SMILES string of the molecule is CC12CCC(C(=O)N(CC(=O)N3CCC(Oc4cccc(F)c4)CC3)C1=O)C2(C)C. The predicted molar refractivity (Wildman–Crippen MR) is 108 cm³/mol. The molecule has 2 atom stereocenters. The van der Waals surface area contributed by atoms with E-state index in [9.17, 15) is 18.8 Å². The highest BCUT2D eigenvalue weighted by molar-refractivity contribution is 6.06. The summed E-state index contributed by atoms with van der Waals surface area (Å²) in [5.41, 5.74) is -0.981. The third-order valence-corrected chi connectivity index (χ3v) is 7.69. The van der Waals surface area contributed by atoms with Crippen molar-refractivity contribution in [3.63, 3.8) is 0 Å².